The summed E-state index contributed by atoms with van der Waals surface area (Å²) >= 11 is 0. The molecule has 1 fully saturated rings. The van der Waals surface area contributed by atoms with Crippen molar-refractivity contribution in [2.45, 2.75) is 52.1 Å². The molecular formula is C23H29N3O3. The Morgan fingerprint density at radius 1 is 1.28 bits per heavy atom. The minimum atomic E-state index is -0.441. The number of rotatable bonds is 7. The SMILES string of the molecule is CCCOc1ccc(CNC(=O)[C@@H]2CCCCN2C(=O)c2cccnc2)c(C)c1. The van der Waals surface area contributed by atoms with Crippen molar-refractivity contribution in [1.29, 1.82) is 0 Å². The van der Waals surface area contributed by atoms with Crippen LogP contribution in [-0.4, -0.2) is 40.9 Å². The first-order valence-electron chi connectivity index (χ1n) is 10.3. The lowest BCUT2D eigenvalue weighted by Crippen LogP contribution is -2.51. The van der Waals surface area contributed by atoms with E-state index in [0.29, 0.717) is 31.7 Å². The highest BCUT2D eigenvalue weighted by atomic mass is 16.5. The lowest BCUT2D eigenvalue weighted by atomic mass is 10.00. The van der Waals surface area contributed by atoms with Crippen molar-refractivity contribution in [3.8, 4) is 5.75 Å². The second-order valence-electron chi connectivity index (χ2n) is 7.41. The van der Waals surface area contributed by atoms with Crippen LogP contribution in [0, 0.1) is 6.92 Å². The van der Waals surface area contributed by atoms with Gasteiger partial charge in [0.15, 0.2) is 0 Å². The van der Waals surface area contributed by atoms with Crippen molar-refractivity contribution in [2.24, 2.45) is 0 Å². The summed E-state index contributed by atoms with van der Waals surface area (Å²) in [4.78, 5) is 31.5. The van der Waals surface area contributed by atoms with Crippen molar-refractivity contribution >= 4 is 11.8 Å². The molecule has 1 aromatic heterocycles. The summed E-state index contributed by atoms with van der Waals surface area (Å²) in [5, 5.41) is 3.02. The van der Waals surface area contributed by atoms with E-state index in [0.717, 1.165) is 36.1 Å². The van der Waals surface area contributed by atoms with Gasteiger partial charge in [0.25, 0.3) is 5.91 Å². The Labute approximate surface area is 172 Å². The summed E-state index contributed by atoms with van der Waals surface area (Å²) in [6.45, 7) is 5.81. The van der Waals surface area contributed by atoms with Gasteiger partial charge in [-0.15, -0.1) is 0 Å². The van der Waals surface area contributed by atoms with E-state index in [1.54, 1.807) is 29.4 Å². The minimum Gasteiger partial charge on any atom is -0.494 e. The van der Waals surface area contributed by atoms with Gasteiger partial charge < -0.3 is 15.0 Å². The van der Waals surface area contributed by atoms with Gasteiger partial charge in [0.1, 0.15) is 11.8 Å². The first kappa shape index (κ1) is 20.8. The fraction of sp³-hybridized carbons (Fsp3) is 0.435. The van der Waals surface area contributed by atoms with Gasteiger partial charge in [-0.3, -0.25) is 14.6 Å². The van der Waals surface area contributed by atoms with Crippen LogP contribution in [-0.2, 0) is 11.3 Å². The number of pyridine rings is 1. The second-order valence-corrected chi connectivity index (χ2v) is 7.41. The molecule has 1 N–H and O–H groups in total. The van der Waals surface area contributed by atoms with E-state index < -0.39 is 6.04 Å². The maximum absolute atomic E-state index is 12.9. The molecule has 1 aliphatic rings. The molecule has 2 aromatic rings. The zero-order valence-corrected chi connectivity index (χ0v) is 17.2. The third kappa shape index (κ3) is 5.34. The van der Waals surface area contributed by atoms with E-state index in [1.807, 2.05) is 25.1 Å². The normalized spacial score (nSPS) is 16.3. The summed E-state index contributed by atoms with van der Waals surface area (Å²) in [6.07, 6.45) is 6.69. The van der Waals surface area contributed by atoms with Crippen molar-refractivity contribution < 1.29 is 14.3 Å². The monoisotopic (exact) mass is 395 g/mol. The molecule has 0 saturated carbocycles. The number of nitrogens with one attached hydrogen (secondary N) is 1. The third-order valence-electron chi connectivity index (χ3n) is 5.21. The molecule has 2 amide bonds. The van der Waals surface area contributed by atoms with Gasteiger partial charge in [0, 0.05) is 25.5 Å². The Hall–Kier alpha value is -2.89. The van der Waals surface area contributed by atoms with Crippen LogP contribution < -0.4 is 10.1 Å². The molecule has 1 atom stereocenters. The van der Waals surface area contributed by atoms with Crippen molar-refractivity contribution in [3.63, 3.8) is 0 Å². The molecule has 0 spiro atoms. The molecule has 3 rings (SSSR count). The van der Waals surface area contributed by atoms with Crippen molar-refractivity contribution in [3.05, 3.63) is 59.4 Å². The van der Waals surface area contributed by atoms with Crippen molar-refractivity contribution in [2.75, 3.05) is 13.2 Å². The van der Waals surface area contributed by atoms with E-state index in [4.69, 9.17) is 4.74 Å². The Bertz CT molecular complexity index is 839. The van der Waals surface area contributed by atoms with E-state index in [9.17, 15) is 9.59 Å². The van der Waals surface area contributed by atoms with Gasteiger partial charge in [0.05, 0.1) is 12.2 Å². The quantitative estimate of drug-likeness (QED) is 0.779. The lowest BCUT2D eigenvalue weighted by Gasteiger charge is -2.34. The van der Waals surface area contributed by atoms with Crippen LogP contribution in [0.4, 0.5) is 0 Å². The number of carbonyl (C=O) groups is 2. The van der Waals surface area contributed by atoms with E-state index in [1.165, 1.54) is 0 Å². The number of nitrogens with zero attached hydrogens (tertiary/aromatic N) is 2. The summed E-state index contributed by atoms with van der Waals surface area (Å²) in [5.74, 6) is 0.610. The van der Waals surface area contributed by atoms with Crippen LogP contribution in [0.5, 0.6) is 5.75 Å². The maximum atomic E-state index is 12.9. The minimum absolute atomic E-state index is 0.104. The molecule has 1 aliphatic heterocycles. The summed E-state index contributed by atoms with van der Waals surface area (Å²) in [5.41, 5.74) is 2.64. The molecule has 0 bridgehead atoms. The Balaban J connectivity index is 1.63. The highest BCUT2D eigenvalue weighted by molar-refractivity contribution is 5.97. The molecule has 0 aliphatic carbocycles. The fourth-order valence-electron chi connectivity index (χ4n) is 3.58. The second kappa shape index (κ2) is 10.0. The van der Waals surface area contributed by atoms with Gasteiger partial charge in [-0.05, 0) is 68.0 Å². The number of ether oxygens (including phenoxy) is 1. The number of benzene rings is 1. The molecule has 1 saturated heterocycles. The highest BCUT2D eigenvalue weighted by Crippen LogP contribution is 2.21. The average molecular weight is 396 g/mol. The molecule has 0 unspecified atom stereocenters. The zero-order valence-electron chi connectivity index (χ0n) is 17.2. The first-order valence-corrected chi connectivity index (χ1v) is 10.3. The lowest BCUT2D eigenvalue weighted by molar-refractivity contribution is -0.126. The van der Waals surface area contributed by atoms with Gasteiger partial charge in [-0.2, -0.15) is 0 Å². The largest absolute Gasteiger partial charge is 0.494 e. The van der Waals surface area contributed by atoms with Gasteiger partial charge >= 0.3 is 0 Å². The number of piperidine rings is 1. The van der Waals surface area contributed by atoms with Gasteiger partial charge in [-0.25, -0.2) is 0 Å². The molecule has 2 heterocycles. The molecule has 1 aromatic carbocycles. The smallest absolute Gasteiger partial charge is 0.256 e. The predicted molar refractivity (Wildman–Crippen MR) is 112 cm³/mol. The number of amides is 2. The van der Waals surface area contributed by atoms with Crippen LogP contribution in [0.25, 0.3) is 0 Å². The number of aryl methyl sites for hydroxylation is 1. The summed E-state index contributed by atoms with van der Waals surface area (Å²) in [6, 6.07) is 8.95. The number of hydrogen-bond donors (Lipinski definition) is 1. The van der Waals surface area contributed by atoms with Crippen LogP contribution >= 0.6 is 0 Å². The molecule has 0 radical (unpaired) electrons. The van der Waals surface area contributed by atoms with Crippen LogP contribution in [0.15, 0.2) is 42.7 Å². The molecule has 29 heavy (non-hydrogen) atoms. The Morgan fingerprint density at radius 3 is 2.86 bits per heavy atom. The van der Waals surface area contributed by atoms with Gasteiger partial charge in [0.2, 0.25) is 5.91 Å². The first-order chi connectivity index (χ1) is 14.1. The van der Waals surface area contributed by atoms with Crippen LogP contribution in [0.3, 0.4) is 0 Å². The van der Waals surface area contributed by atoms with Crippen LogP contribution in [0.2, 0.25) is 0 Å². The van der Waals surface area contributed by atoms with Gasteiger partial charge in [-0.1, -0.05) is 13.0 Å². The van der Waals surface area contributed by atoms with E-state index in [2.05, 4.69) is 17.2 Å². The predicted octanol–water partition coefficient (Wildman–Crippen LogP) is 3.49. The number of carbonyl (C=O) groups excluding carboxylic acids is 2. The summed E-state index contributed by atoms with van der Waals surface area (Å²) in [7, 11) is 0. The van der Waals surface area contributed by atoms with E-state index in [-0.39, 0.29) is 11.8 Å². The number of aromatic nitrogens is 1. The maximum Gasteiger partial charge on any atom is 0.256 e. The number of hydrogen-bond acceptors (Lipinski definition) is 4. The standard InChI is InChI=1S/C23H29N3O3/c1-3-13-29-20-10-9-18(17(2)14-20)16-25-22(27)21-8-4-5-12-26(21)23(28)19-7-6-11-24-15-19/h6-7,9-11,14-15,21H,3-5,8,12-13,16H2,1-2H3,(H,25,27)/t21-/m0/s1. The molecule has 6 nitrogen and oxygen atoms in total. The molecular weight excluding hydrogens is 366 g/mol. The van der Waals surface area contributed by atoms with Crippen molar-refractivity contribution in [1.82, 2.24) is 15.2 Å². The van der Waals surface area contributed by atoms with E-state index >= 15 is 0 Å². The Kier molecular flexibility index (Phi) is 7.22. The van der Waals surface area contributed by atoms with Crippen LogP contribution in [0.1, 0.15) is 54.1 Å². The fourth-order valence-corrected chi connectivity index (χ4v) is 3.58. The molecule has 6 heteroatoms. The number of likely N-dealkylation sites (tertiary alicyclic amines) is 1. The molecule has 154 valence electrons. The zero-order chi connectivity index (χ0) is 20.6. The third-order valence-corrected chi connectivity index (χ3v) is 5.21. The summed E-state index contributed by atoms with van der Waals surface area (Å²) < 4.78 is 5.66. The Morgan fingerprint density at radius 2 is 2.14 bits per heavy atom. The highest BCUT2D eigenvalue weighted by Gasteiger charge is 2.32. The average Bonchev–Trinajstić information content (AvgIpc) is 2.77. The topological polar surface area (TPSA) is 71.5 Å².